The van der Waals surface area contributed by atoms with Crippen LogP contribution in [-0.4, -0.2) is 37.1 Å². The van der Waals surface area contributed by atoms with E-state index < -0.39 is 21.8 Å². The van der Waals surface area contributed by atoms with Gasteiger partial charge in [0.15, 0.2) is 0 Å². The number of carboxylic acid groups (broad SMARTS) is 1. The van der Waals surface area contributed by atoms with E-state index in [0.717, 1.165) is 5.56 Å². The number of fused-ring (bicyclic) bond motifs is 1. The average molecular weight is 548 g/mol. The second-order valence-corrected chi connectivity index (χ2v) is 10.4. The Morgan fingerprint density at radius 3 is 2.44 bits per heavy atom. The summed E-state index contributed by atoms with van der Waals surface area (Å²) in [5.74, 6) is -2.09. The molecule has 2 aromatic heterocycles. The molecule has 8 nitrogen and oxygen atoms in total. The van der Waals surface area contributed by atoms with E-state index >= 15 is 0 Å². The first-order valence-corrected chi connectivity index (χ1v) is 12.8. The fraction of sp³-hybridized carbons (Fsp3) is 0.120. The number of aryl methyl sites for hydroxylation is 1. The molecule has 0 atom stereocenters. The molecule has 2 N–H and O–H groups in total. The molecule has 4 rings (SSSR count). The maximum absolute atomic E-state index is 13.5. The van der Waals surface area contributed by atoms with Crippen LogP contribution >= 0.6 is 23.2 Å². The van der Waals surface area contributed by atoms with Crippen LogP contribution in [0.1, 0.15) is 34.1 Å². The van der Waals surface area contributed by atoms with Gasteiger partial charge < -0.3 is 19.2 Å². The van der Waals surface area contributed by atoms with Gasteiger partial charge in [0, 0.05) is 22.0 Å². The maximum Gasteiger partial charge on any atom is 0.355 e. The van der Waals surface area contributed by atoms with Crippen LogP contribution in [0.2, 0.25) is 10.0 Å². The topological polar surface area (TPSA) is 127 Å². The highest BCUT2D eigenvalue weighted by Crippen LogP contribution is 2.42. The van der Waals surface area contributed by atoms with Crippen molar-refractivity contribution in [3.8, 4) is 0 Å². The van der Waals surface area contributed by atoms with Crippen LogP contribution in [0.15, 0.2) is 63.1 Å². The van der Waals surface area contributed by atoms with Gasteiger partial charge in [-0.2, -0.15) is 0 Å². The molecule has 0 bridgehead atoms. The fourth-order valence-corrected chi connectivity index (χ4v) is 6.26. The summed E-state index contributed by atoms with van der Waals surface area (Å²) in [6, 6.07) is 8.91. The lowest BCUT2D eigenvalue weighted by molar-refractivity contribution is -0.130. The van der Waals surface area contributed by atoms with Crippen LogP contribution in [0, 0.1) is 6.92 Å². The summed E-state index contributed by atoms with van der Waals surface area (Å²) < 4.78 is 37.1. The fourth-order valence-electron chi connectivity index (χ4n) is 3.71. The quantitative estimate of drug-likeness (QED) is 0.214. The Bertz CT molecular complexity index is 1620. The van der Waals surface area contributed by atoms with Gasteiger partial charge in [-0.05, 0) is 44.2 Å². The van der Waals surface area contributed by atoms with Crippen LogP contribution in [0.25, 0.3) is 22.6 Å². The number of aromatic amines is 1. The number of hydrogen-bond donors (Lipinski definition) is 2. The number of carboxylic acids is 1. The van der Waals surface area contributed by atoms with Crippen molar-refractivity contribution >= 4 is 67.5 Å². The summed E-state index contributed by atoms with van der Waals surface area (Å²) in [7, 11) is -4.18. The Morgan fingerprint density at radius 2 is 1.86 bits per heavy atom. The number of nitrogens with one attached hydrogen (secondary N) is 1. The van der Waals surface area contributed by atoms with Gasteiger partial charge >= 0.3 is 11.9 Å². The predicted molar refractivity (Wildman–Crippen MR) is 135 cm³/mol. The summed E-state index contributed by atoms with van der Waals surface area (Å²) in [5.41, 5.74) is 1.01. The molecule has 2 heterocycles. The van der Waals surface area contributed by atoms with E-state index in [0.29, 0.717) is 0 Å². The molecule has 0 aliphatic heterocycles. The number of carbonyl (C=O) groups is 2. The van der Waals surface area contributed by atoms with Crippen molar-refractivity contribution in [3.05, 3.63) is 81.4 Å². The molecule has 4 aromatic rings. The Hall–Kier alpha value is -3.53. The zero-order valence-electron chi connectivity index (χ0n) is 19.0. The zero-order valence-corrected chi connectivity index (χ0v) is 21.3. The number of aliphatic carboxylic acids is 1. The van der Waals surface area contributed by atoms with Crippen LogP contribution in [0.3, 0.4) is 0 Å². The van der Waals surface area contributed by atoms with E-state index in [2.05, 4.69) is 4.98 Å². The van der Waals surface area contributed by atoms with E-state index in [1.807, 2.05) is 6.92 Å². The SMILES string of the molecule is CCOC(=O)c1[nH]c2cc(Cl)c(S(=O)(=O)c3ccc(C)cc3)c(Cl)c2c1/C=C(/C(=O)O)c1ccoc1. The number of sulfone groups is 1. The molecule has 0 saturated heterocycles. The lowest BCUT2D eigenvalue weighted by atomic mass is 10.0. The minimum atomic E-state index is -4.18. The lowest BCUT2D eigenvalue weighted by Gasteiger charge is -2.11. The third kappa shape index (κ3) is 4.53. The number of halogens is 2. The standard InChI is InChI=1S/C25H19Cl2NO7S/c1-3-35-25(31)22-17(10-16(24(29)30)14-8-9-34-12-14)20-19(28-22)11-18(26)23(21(20)27)36(32,33)15-6-4-13(2)5-7-15/h4-12,28H,3H2,1-2H3,(H,29,30)/b16-10+. The number of aromatic nitrogens is 1. The van der Waals surface area contributed by atoms with Gasteiger partial charge in [-0.15, -0.1) is 0 Å². The molecule has 0 unspecified atom stereocenters. The smallest absolute Gasteiger partial charge is 0.355 e. The van der Waals surface area contributed by atoms with Gasteiger partial charge in [-0.25, -0.2) is 18.0 Å². The molecule has 11 heteroatoms. The third-order valence-corrected chi connectivity index (χ3v) is 8.16. The van der Waals surface area contributed by atoms with E-state index in [1.54, 1.807) is 19.1 Å². The highest BCUT2D eigenvalue weighted by molar-refractivity contribution is 7.91. The zero-order chi connectivity index (χ0) is 26.2. The third-order valence-electron chi connectivity index (χ3n) is 5.41. The first-order chi connectivity index (χ1) is 17.1. The first kappa shape index (κ1) is 25.6. The largest absolute Gasteiger partial charge is 0.478 e. The second kappa shape index (κ2) is 9.85. The average Bonchev–Trinajstić information content (AvgIpc) is 3.45. The van der Waals surface area contributed by atoms with Gasteiger partial charge in [0.2, 0.25) is 9.84 Å². The molecule has 0 aliphatic carbocycles. The Morgan fingerprint density at radius 1 is 1.17 bits per heavy atom. The summed E-state index contributed by atoms with van der Waals surface area (Å²) in [5, 5.41) is 9.48. The van der Waals surface area contributed by atoms with Crippen LogP contribution in [0.5, 0.6) is 0 Å². The number of furan rings is 1. The number of carbonyl (C=O) groups excluding carboxylic acids is 1. The minimum Gasteiger partial charge on any atom is -0.478 e. The van der Waals surface area contributed by atoms with Gasteiger partial charge in [0.05, 0.1) is 39.6 Å². The first-order valence-electron chi connectivity index (χ1n) is 10.6. The number of esters is 1. The van der Waals surface area contributed by atoms with Crippen molar-refractivity contribution in [1.82, 2.24) is 4.98 Å². The van der Waals surface area contributed by atoms with Crippen LogP contribution in [-0.2, 0) is 19.4 Å². The summed E-state index contributed by atoms with van der Waals surface area (Å²) in [6.07, 6.45) is 3.73. The minimum absolute atomic E-state index is 0.0286. The van der Waals surface area contributed by atoms with E-state index in [1.165, 1.54) is 42.9 Å². The van der Waals surface area contributed by atoms with Crippen LogP contribution in [0.4, 0.5) is 0 Å². The molecule has 0 amide bonds. The Kier molecular flexibility index (Phi) is 6.99. The highest BCUT2D eigenvalue weighted by atomic mass is 35.5. The van der Waals surface area contributed by atoms with Crippen molar-refractivity contribution < 1.29 is 32.3 Å². The highest BCUT2D eigenvalue weighted by Gasteiger charge is 2.30. The van der Waals surface area contributed by atoms with Crippen LogP contribution < -0.4 is 0 Å². The predicted octanol–water partition coefficient (Wildman–Crippen LogP) is 6.01. The van der Waals surface area contributed by atoms with Gasteiger partial charge in [0.1, 0.15) is 10.6 Å². The number of H-pyrrole nitrogens is 1. The number of rotatable bonds is 7. The molecule has 186 valence electrons. The lowest BCUT2D eigenvalue weighted by Crippen LogP contribution is -2.07. The van der Waals surface area contributed by atoms with Crippen molar-refractivity contribution in [2.75, 3.05) is 6.61 Å². The maximum atomic E-state index is 13.5. The molecular weight excluding hydrogens is 529 g/mol. The second-order valence-electron chi connectivity index (χ2n) is 7.75. The van der Waals surface area contributed by atoms with Gasteiger partial charge in [0.25, 0.3) is 0 Å². The van der Waals surface area contributed by atoms with Gasteiger partial charge in [-0.3, -0.25) is 0 Å². The molecule has 36 heavy (non-hydrogen) atoms. The molecule has 0 radical (unpaired) electrons. The van der Waals surface area contributed by atoms with Gasteiger partial charge in [-0.1, -0.05) is 40.9 Å². The molecule has 0 saturated carbocycles. The summed E-state index contributed by atoms with van der Waals surface area (Å²) >= 11 is 13.1. The number of benzene rings is 2. The molecule has 0 fully saturated rings. The monoisotopic (exact) mass is 547 g/mol. The molecule has 0 aliphatic rings. The number of ether oxygens (including phenoxy) is 1. The van der Waals surface area contributed by atoms with Crippen molar-refractivity contribution in [1.29, 1.82) is 0 Å². The molecule has 0 spiro atoms. The van der Waals surface area contributed by atoms with Crippen molar-refractivity contribution in [3.63, 3.8) is 0 Å². The normalized spacial score (nSPS) is 12.2. The Labute approximate surface area is 216 Å². The van der Waals surface area contributed by atoms with Crippen molar-refractivity contribution in [2.24, 2.45) is 0 Å². The Balaban J connectivity index is 2.07. The van der Waals surface area contributed by atoms with E-state index in [-0.39, 0.29) is 59.7 Å². The van der Waals surface area contributed by atoms with Crippen molar-refractivity contribution in [2.45, 2.75) is 23.6 Å². The summed E-state index contributed by atoms with van der Waals surface area (Å²) in [6.45, 7) is 3.48. The number of hydrogen-bond acceptors (Lipinski definition) is 6. The van der Waals surface area contributed by atoms with E-state index in [4.69, 9.17) is 32.4 Å². The molecular formula is C25H19Cl2NO7S. The van der Waals surface area contributed by atoms with E-state index in [9.17, 15) is 23.1 Å². The summed E-state index contributed by atoms with van der Waals surface area (Å²) in [4.78, 5) is 27.3. The molecule has 2 aromatic carbocycles.